The first-order valence-electron chi connectivity index (χ1n) is 4.00. The molecule has 1 aromatic rings. The summed E-state index contributed by atoms with van der Waals surface area (Å²) in [5, 5.41) is 2.30. The molecule has 0 aliphatic heterocycles. The van der Waals surface area contributed by atoms with Crippen LogP contribution in [0.1, 0.15) is 13.8 Å². The fourth-order valence-electron chi connectivity index (χ4n) is 0.675. The molecule has 0 aliphatic rings. The van der Waals surface area contributed by atoms with E-state index in [1.807, 2.05) is 13.8 Å². The predicted octanol–water partition coefficient (Wildman–Crippen LogP) is 2.34. The molecule has 0 radical (unpaired) electrons. The number of nitrogens with one attached hydrogen (secondary N) is 1. The van der Waals surface area contributed by atoms with E-state index in [9.17, 15) is 9.18 Å². The molecular formula is C9H13FN2O. The van der Waals surface area contributed by atoms with Crippen LogP contribution in [0.4, 0.5) is 14.9 Å². The van der Waals surface area contributed by atoms with Gasteiger partial charge in [-0.25, -0.2) is 9.18 Å². The third kappa shape index (κ3) is 4.79. The van der Waals surface area contributed by atoms with Gasteiger partial charge in [0.25, 0.3) is 0 Å². The van der Waals surface area contributed by atoms with E-state index in [0.29, 0.717) is 5.69 Å². The molecule has 1 aromatic carbocycles. The van der Waals surface area contributed by atoms with Crippen LogP contribution in [0.25, 0.3) is 0 Å². The summed E-state index contributed by atoms with van der Waals surface area (Å²) in [6.45, 7) is 4.00. The largest absolute Gasteiger partial charge is 0.351 e. The Kier molecular flexibility index (Phi) is 5.27. The van der Waals surface area contributed by atoms with E-state index in [1.165, 1.54) is 24.3 Å². The summed E-state index contributed by atoms with van der Waals surface area (Å²) in [4.78, 5) is 10.3. The molecule has 1 rings (SSSR count). The molecule has 4 heteroatoms. The molecule has 72 valence electrons. The maximum atomic E-state index is 12.3. The van der Waals surface area contributed by atoms with Crippen molar-refractivity contribution in [1.29, 1.82) is 0 Å². The number of primary amides is 1. The van der Waals surface area contributed by atoms with Gasteiger partial charge in [-0.1, -0.05) is 13.8 Å². The number of hydrogen-bond donors (Lipinski definition) is 2. The minimum absolute atomic E-state index is 0.347. The summed E-state index contributed by atoms with van der Waals surface area (Å²) >= 11 is 0. The standard InChI is InChI=1S/C7H7FN2O.C2H6/c8-5-1-3-6(4-2-5)10-7(9)11;1-2/h1-4H,(H3,9,10,11);1-2H3. The van der Waals surface area contributed by atoms with E-state index in [0.717, 1.165) is 0 Å². The molecule has 3 nitrogen and oxygen atoms in total. The summed E-state index contributed by atoms with van der Waals surface area (Å²) < 4.78 is 12.3. The average molecular weight is 184 g/mol. The molecule has 2 amide bonds. The van der Waals surface area contributed by atoms with E-state index >= 15 is 0 Å². The van der Waals surface area contributed by atoms with Crippen LogP contribution >= 0.6 is 0 Å². The maximum absolute atomic E-state index is 12.3. The zero-order chi connectivity index (χ0) is 10.3. The highest BCUT2D eigenvalue weighted by molar-refractivity contribution is 5.87. The first kappa shape index (κ1) is 11.4. The summed E-state index contributed by atoms with van der Waals surface area (Å²) in [5.41, 5.74) is 5.30. The molecular weight excluding hydrogens is 171 g/mol. The highest BCUT2D eigenvalue weighted by atomic mass is 19.1. The van der Waals surface area contributed by atoms with Crippen LogP contribution < -0.4 is 11.1 Å². The zero-order valence-corrected chi connectivity index (χ0v) is 7.67. The Morgan fingerprint density at radius 2 is 1.77 bits per heavy atom. The second kappa shape index (κ2) is 5.99. The lowest BCUT2D eigenvalue weighted by Gasteiger charge is -1.98. The van der Waals surface area contributed by atoms with Crippen molar-refractivity contribution in [2.45, 2.75) is 13.8 Å². The smallest absolute Gasteiger partial charge is 0.316 e. The number of halogens is 1. The van der Waals surface area contributed by atoms with E-state index < -0.39 is 6.03 Å². The van der Waals surface area contributed by atoms with Crippen LogP contribution in [0.5, 0.6) is 0 Å². The van der Waals surface area contributed by atoms with Crippen molar-refractivity contribution in [2.24, 2.45) is 5.73 Å². The van der Waals surface area contributed by atoms with Crippen LogP contribution in [0.3, 0.4) is 0 Å². The van der Waals surface area contributed by atoms with Gasteiger partial charge in [-0.3, -0.25) is 0 Å². The molecule has 0 atom stereocenters. The highest BCUT2D eigenvalue weighted by Crippen LogP contribution is 2.06. The molecule has 0 saturated heterocycles. The van der Waals surface area contributed by atoms with Crippen LogP contribution in [0, 0.1) is 5.82 Å². The van der Waals surface area contributed by atoms with Gasteiger partial charge < -0.3 is 11.1 Å². The lowest BCUT2D eigenvalue weighted by Crippen LogP contribution is -2.19. The third-order valence-corrected chi connectivity index (χ3v) is 1.11. The van der Waals surface area contributed by atoms with Gasteiger partial charge in [-0.05, 0) is 24.3 Å². The normalized spacial score (nSPS) is 8.23. The molecule has 0 bridgehead atoms. The number of carbonyl (C=O) groups is 1. The van der Waals surface area contributed by atoms with Gasteiger partial charge >= 0.3 is 6.03 Å². The number of benzene rings is 1. The molecule has 0 fully saturated rings. The topological polar surface area (TPSA) is 55.1 Å². The Morgan fingerprint density at radius 3 is 2.15 bits per heavy atom. The zero-order valence-electron chi connectivity index (χ0n) is 7.67. The lowest BCUT2D eigenvalue weighted by molar-refractivity contribution is 0.259. The molecule has 0 saturated carbocycles. The van der Waals surface area contributed by atoms with Gasteiger partial charge in [0.05, 0.1) is 0 Å². The molecule has 0 aliphatic carbocycles. The molecule has 3 N–H and O–H groups in total. The van der Waals surface area contributed by atoms with Gasteiger partial charge in [-0.15, -0.1) is 0 Å². The number of nitrogens with two attached hydrogens (primary N) is 1. The van der Waals surface area contributed by atoms with Gasteiger partial charge in [0.15, 0.2) is 0 Å². The number of anilines is 1. The molecule has 0 aromatic heterocycles. The fraction of sp³-hybridized carbons (Fsp3) is 0.222. The summed E-state index contributed by atoms with van der Waals surface area (Å²) in [6, 6.07) is 4.69. The lowest BCUT2D eigenvalue weighted by atomic mass is 10.3. The Morgan fingerprint density at radius 1 is 1.31 bits per heavy atom. The fourth-order valence-corrected chi connectivity index (χ4v) is 0.675. The van der Waals surface area contributed by atoms with Gasteiger partial charge in [0, 0.05) is 5.69 Å². The number of hydrogen-bond acceptors (Lipinski definition) is 1. The van der Waals surface area contributed by atoms with Crippen LogP contribution in [0.2, 0.25) is 0 Å². The monoisotopic (exact) mass is 184 g/mol. The Bertz CT molecular complexity index is 259. The summed E-state index contributed by atoms with van der Waals surface area (Å²) in [5.74, 6) is -0.347. The number of amides is 2. The second-order valence-electron chi connectivity index (χ2n) is 2.00. The van der Waals surface area contributed by atoms with Gasteiger partial charge in [0.1, 0.15) is 5.82 Å². The van der Waals surface area contributed by atoms with Crippen molar-refractivity contribution in [1.82, 2.24) is 0 Å². The minimum Gasteiger partial charge on any atom is -0.351 e. The summed E-state index contributed by atoms with van der Waals surface area (Å²) in [7, 11) is 0. The van der Waals surface area contributed by atoms with Crippen molar-refractivity contribution >= 4 is 11.7 Å². The highest BCUT2D eigenvalue weighted by Gasteiger charge is 1.94. The SMILES string of the molecule is CC.NC(=O)Nc1ccc(F)cc1. The van der Waals surface area contributed by atoms with Gasteiger partial charge in [0.2, 0.25) is 0 Å². The van der Waals surface area contributed by atoms with Crippen LogP contribution in [-0.4, -0.2) is 6.03 Å². The second-order valence-corrected chi connectivity index (χ2v) is 2.00. The number of rotatable bonds is 1. The van der Waals surface area contributed by atoms with E-state index in [1.54, 1.807) is 0 Å². The quantitative estimate of drug-likeness (QED) is 0.691. The molecule has 0 heterocycles. The van der Waals surface area contributed by atoms with Crippen molar-refractivity contribution in [2.75, 3.05) is 5.32 Å². The molecule has 13 heavy (non-hydrogen) atoms. The van der Waals surface area contributed by atoms with Crippen molar-refractivity contribution in [3.63, 3.8) is 0 Å². The summed E-state index contributed by atoms with van der Waals surface area (Å²) in [6.07, 6.45) is 0. The Balaban J connectivity index is 0.000000671. The van der Waals surface area contributed by atoms with E-state index in [4.69, 9.17) is 5.73 Å². The first-order valence-corrected chi connectivity index (χ1v) is 4.00. The van der Waals surface area contributed by atoms with Crippen molar-refractivity contribution < 1.29 is 9.18 Å². The predicted molar refractivity (Wildman–Crippen MR) is 51.0 cm³/mol. The van der Waals surface area contributed by atoms with Crippen molar-refractivity contribution in [3.05, 3.63) is 30.1 Å². The maximum Gasteiger partial charge on any atom is 0.316 e. The van der Waals surface area contributed by atoms with Gasteiger partial charge in [-0.2, -0.15) is 0 Å². The van der Waals surface area contributed by atoms with E-state index in [-0.39, 0.29) is 5.82 Å². The average Bonchev–Trinajstić information content (AvgIpc) is 2.12. The van der Waals surface area contributed by atoms with E-state index in [2.05, 4.69) is 5.32 Å². The minimum atomic E-state index is -0.656. The first-order chi connectivity index (χ1) is 6.18. The van der Waals surface area contributed by atoms with Crippen LogP contribution in [0.15, 0.2) is 24.3 Å². The van der Waals surface area contributed by atoms with Crippen molar-refractivity contribution in [3.8, 4) is 0 Å². The Labute approximate surface area is 76.7 Å². The molecule has 0 unspecified atom stereocenters. The third-order valence-electron chi connectivity index (χ3n) is 1.11. The molecule has 0 spiro atoms. The van der Waals surface area contributed by atoms with Crippen LogP contribution in [-0.2, 0) is 0 Å². The number of urea groups is 1. The number of carbonyl (C=O) groups excluding carboxylic acids is 1. The Hall–Kier alpha value is -1.58.